The van der Waals surface area contributed by atoms with E-state index in [1.807, 2.05) is 0 Å². The third-order valence-corrected chi connectivity index (χ3v) is 5.81. The first-order chi connectivity index (χ1) is 12.3. The third kappa shape index (κ3) is 5.95. The summed E-state index contributed by atoms with van der Waals surface area (Å²) in [7, 11) is -3.68. The molecule has 0 spiro atoms. The molecule has 1 atom stereocenters. The van der Waals surface area contributed by atoms with Crippen molar-refractivity contribution in [3.63, 3.8) is 0 Å². The van der Waals surface area contributed by atoms with Crippen LogP contribution < -0.4 is 9.62 Å². The molecule has 26 heavy (non-hydrogen) atoms. The zero-order valence-electron chi connectivity index (χ0n) is 15.4. The summed E-state index contributed by atoms with van der Waals surface area (Å²) in [5, 5.41) is 2.81. The number of hydrogen-bond acceptors (Lipinski definition) is 4. The molecule has 1 N–H and O–H groups in total. The number of halogens is 1. The van der Waals surface area contributed by atoms with Crippen molar-refractivity contribution < 1.29 is 17.6 Å². The van der Waals surface area contributed by atoms with E-state index < -0.39 is 21.9 Å². The SMILES string of the molecule is CC(C(=O)NCCCN1CCCCC1)N(c1ccc(F)cc1)S(C)(=O)=O. The molecular weight excluding hydrogens is 357 g/mol. The zero-order valence-corrected chi connectivity index (χ0v) is 16.3. The Morgan fingerprint density at radius 3 is 2.42 bits per heavy atom. The van der Waals surface area contributed by atoms with Gasteiger partial charge in [0.1, 0.15) is 11.9 Å². The number of nitrogens with zero attached hydrogens (tertiary/aromatic N) is 2. The molecule has 0 radical (unpaired) electrons. The van der Waals surface area contributed by atoms with Gasteiger partial charge in [-0.2, -0.15) is 0 Å². The molecule has 146 valence electrons. The number of carbonyl (C=O) groups excluding carboxylic acids is 1. The summed E-state index contributed by atoms with van der Waals surface area (Å²) in [4.78, 5) is 14.8. The van der Waals surface area contributed by atoms with E-state index in [9.17, 15) is 17.6 Å². The first-order valence-corrected chi connectivity index (χ1v) is 10.9. The van der Waals surface area contributed by atoms with Crippen LogP contribution in [0.15, 0.2) is 24.3 Å². The topological polar surface area (TPSA) is 69.7 Å². The highest BCUT2D eigenvalue weighted by Gasteiger charge is 2.28. The molecule has 1 unspecified atom stereocenters. The fourth-order valence-corrected chi connectivity index (χ4v) is 4.42. The Morgan fingerprint density at radius 2 is 1.85 bits per heavy atom. The van der Waals surface area contributed by atoms with Gasteiger partial charge >= 0.3 is 0 Å². The van der Waals surface area contributed by atoms with Gasteiger partial charge in [0, 0.05) is 6.54 Å². The van der Waals surface area contributed by atoms with Crippen molar-refractivity contribution in [2.75, 3.05) is 36.7 Å². The molecule has 1 aromatic rings. The summed E-state index contributed by atoms with van der Waals surface area (Å²) >= 11 is 0. The molecule has 6 nitrogen and oxygen atoms in total. The van der Waals surface area contributed by atoms with Crippen LogP contribution in [0, 0.1) is 5.82 Å². The van der Waals surface area contributed by atoms with Crippen molar-refractivity contribution in [2.45, 2.75) is 38.6 Å². The minimum atomic E-state index is -3.68. The number of likely N-dealkylation sites (tertiary alicyclic amines) is 1. The molecule has 0 aliphatic carbocycles. The number of hydrogen-bond donors (Lipinski definition) is 1. The molecule has 0 aromatic heterocycles. The van der Waals surface area contributed by atoms with E-state index in [-0.39, 0.29) is 11.6 Å². The maximum Gasteiger partial charge on any atom is 0.243 e. The molecule has 1 saturated heterocycles. The van der Waals surface area contributed by atoms with Gasteiger partial charge in [-0.05, 0) is 70.1 Å². The van der Waals surface area contributed by atoms with Crippen molar-refractivity contribution in [2.24, 2.45) is 0 Å². The monoisotopic (exact) mass is 385 g/mol. The average molecular weight is 386 g/mol. The fourth-order valence-electron chi connectivity index (χ4n) is 3.24. The molecule has 1 heterocycles. The smallest absolute Gasteiger partial charge is 0.243 e. The molecule has 0 bridgehead atoms. The van der Waals surface area contributed by atoms with Crippen LogP contribution in [0.3, 0.4) is 0 Å². The average Bonchev–Trinajstić information content (AvgIpc) is 2.60. The molecule has 2 rings (SSSR count). The number of amides is 1. The lowest BCUT2D eigenvalue weighted by Crippen LogP contribution is -2.48. The van der Waals surface area contributed by atoms with Gasteiger partial charge in [-0.25, -0.2) is 12.8 Å². The predicted octanol–water partition coefficient (Wildman–Crippen LogP) is 1.97. The van der Waals surface area contributed by atoms with E-state index in [1.165, 1.54) is 50.5 Å². The van der Waals surface area contributed by atoms with Gasteiger partial charge < -0.3 is 10.2 Å². The van der Waals surface area contributed by atoms with Gasteiger partial charge in [-0.1, -0.05) is 6.42 Å². The lowest BCUT2D eigenvalue weighted by atomic mass is 10.1. The van der Waals surface area contributed by atoms with Crippen molar-refractivity contribution >= 4 is 21.6 Å². The van der Waals surface area contributed by atoms with Crippen LogP contribution in [0.25, 0.3) is 0 Å². The zero-order chi connectivity index (χ0) is 19.2. The number of sulfonamides is 1. The molecular formula is C18H28FN3O3S. The Kier molecular flexibility index (Phi) is 7.40. The van der Waals surface area contributed by atoms with Crippen LogP contribution in [0.2, 0.25) is 0 Å². The quantitative estimate of drug-likeness (QED) is 0.695. The highest BCUT2D eigenvalue weighted by molar-refractivity contribution is 7.92. The van der Waals surface area contributed by atoms with Crippen LogP contribution in [-0.2, 0) is 14.8 Å². The molecule has 1 aliphatic rings. The Bertz CT molecular complexity index is 688. The molecule has 8 heteroatoms. The van der Waals surface area contributed by atoms with Crippen molar-refractivity contribution in [1.82, 2.24) is 10.2 Å². The maximum atomic E-state index is 13.1. The summed E-state index contributed by atoms with van der Waals surface area (Å²) < 4.78 is 38.4. The maximum absolute atomic E-state index is 13.1. The second kappa shape index (κ2) is 9.32. The number of carbonyl (C=O) groups is 1. The number of rotatable bonds is 8. The summed E-state index contributed by atoms with van der Waals surface area (Å²) in [5.74, 6) is -0.824. The normalized spacial score (nSPS) is 16.9. The van der Waals surface area contributed by atoms with Gasteiger partial charge in [0.2, 0.25) is 15.9 Å². The van der Waals surface area contributed by atoms with Gasteiger partial charge in [0.15, 0.2) is 0 Å². The van der Waals surface area contributed by atoms with Crippen LogP contribution in [0.4, 0.5) is 10.1 Å². The lowest BCUT2D eigenvalue weighted by molar-refractivity contribution is -0.121. The first-order valence-electron chi connectivity index (χ1n) is 9.04. The van der Waals surface area contributed by atoms with E-state index in [4.69, 9.17) is 0 Å². The van der Waals surface area contributed by atoms with Gasteiger partial charge in [0.05, 0.1) is 11.9 Å². The number of benzene rings is 1. The highest BCUT2D eigenvalue weighted by atomic mass is 32.2. The van der Waals surface area contributed by atoms with Gasteiger partial charge in [-0.15, -0.1) is 0 Å². The van der Waals surface area contributed by atoms with E-state index >= 15 is 0 Å². The van der Waals surface area contributed by atoms with E-state index in [0.29, 0.717) is 6.54 Å². The van der Waals surface area contributed by atoms with Crippen molar-refractivity contribution in [3.05, 3.63) is 30.1 Å². The molecule has 0 saturated carbocycles. The van der Waals surface area contributed by atoms with Gasteiger partial charge in [0.25, 0.3) is 0 Å². The van der Waals surface area contributed by atoms with Crippen LogP contribution >= 0.6 is 0 Å². The Labute approximate surface area is 155 Å². The number of piperidine rings is 1. The number of nitrogens with one attached hydrogen (secondary N) is 1. The summed E-state index contributed by atoms with van der Waals surface area (Å²) in [6.45, 7) is 5.18. The highest BCUT2D eigenvalue weighted by Crippen LogP contribution is 2.21. The Balaban J connectivity index is 1.91. The number of anilines is 1. The molecule has 1 amide bonds. The lowest BCUT2D eigenvalue weighted by Gasteiger charge is -2.28. The van der Waals surface area contributed by atoms with E-state index in [0.717, 1.165) is 36.6 Å². The van der Waals surface area contributed by atoms with Crippen LogP contribution in [0.1, 0.15) is 32.6 Å². The predicted molar refractivity (Wildman–Crippen MR) is 101 cm³/mol. The van der Waals surface area contributed by atoms with E-state index in [2.05, 4.69) is 10.2 Å². The minimum absolute atomic E-state index is 0.268. The molecule has 1 aliphatic heterocycles. The van der Waals surface area contributed by atoms with Crippen molar-refractivity contribution in [3.8, 4) is 0 Å². The summed E-state index contributed by atoms with van der Waals surface area (Å²) in [6, 6.07) is 4.16. The Hall–Kier alpha value is -1.67. The third-order valence-electron chi connectivity index (χ3n) is 4.57. The minimum Gasteiger partial charge on any atom is -0.354 e. The second-order valence-corrected chi connectivity index (χ2v) is 8.62. The standard InChI is InChI=1S/C18H28FN3O3S/c1-15(18(23)20-11-6-14-21-12-4-3-5-13-21)22(26(2,24)25)17-9-7-16(19)8-10-17/h7-10,15H,3-6,11-14H2,1-2H3,(H,20,23). The van der Waals surface area contributed by atoms with Crippen molar-refractivity contribution in [1.29, 1.82) is 0 Å². The van der Waals surface area contributed by atoms with Crippen LogP contribution in [0.5, 0.6) is 0 Å². The second-order valence-electron chi connectivity index (χ2n) is 6.76. The largest absolute Gasteiger partial charge is 0.354 e. The van der Waals surface area contributed by atoms with Crippen LogP contribution in [-0.4, -0.2) is 57.7 Å². The first kappa shape index (κ1) is 20.6. The Morgan fingerprint density at radius 1 is 1.23 bits per heavy atom. The summed E-state index contributed by atoms with van der Waals surface area (Å²) in [5.41, 5.74) is 0.268. The summed E-state index contributed by atoms with van der Waals surface area (Å²) in [6.07, 6.45) is 5.61. The van der Waals surface area contributed by atoms with E-state index in [1.54, 1.807) is 0 Å². The molecule has 1 fully saturated rings. The molecule has 1 aromatic carbocycles. The van der Waals surface area contributed by atoms with Gasteiger partial charge in [-0.3, -0.25) is 9.10 Å². The fraction of sp³-hybridized carbons (Fsp3) is 0.611.